The fraction of sp³-hybridized carbons (Fsp3) is 0.400. The molecule has 0 saturated carbocycles. The average Bonchev–Trinajstić information content (AvgIpc) is 2.94. The normalized spacial score (nSPS) is 18.4. The molecule has 2 atom stereocenters. The molecule has 3 rings (SSSR count). The lowest BCUT2D eigenvalue weighted by Crippen LogP contribution is -2.40. The van der Waals surface area contributed by atoms with E-state index in [-0.39, 0.29) is 18.1 Å². The molecule has 116 valence electrons. The van der Waals surface area contributed by atoms with Gasteiger partial charge < -0.3 is 15.2 Å². The van der Waals surface area contributed by atoms with Gasteiger partial charge in [-0.1, -0.05) is 18.2 Å². The molecular formula is C15H19N5OS. The van der Waals surface area contributed by atoms with Gasteiger partial charge in [-0.25, -0.2) is 4.79 Å². The van der Waals surface area contributed by atoms with Crippen LogP contribution >= 0.6 is 11.8 Å². The molecule has 1 aromatic heterocycles. The van der Waals surface area contributed by atoms with Gasteiger partial charge in [0.1, 0.15) is 6.33 Å². The SMILES string of the molecule is C[C@H](NC(=O)N[C@H]1CCSc2ccccc21)c1nncn1C. The van der Waals surface area contributed by atoms with Gasteiger partial charge in [-0.15, -0.1) is 22.0 Å². The number of thioether (sulfide) groups is 1. The summed E-state index contributed by atoms with van der Waals surface area (Å²) in [5, 5.41) is 13.8. The Morgan fingerprint density at radius 2 is 2.27 bits per heavy atom. The zero-order valence-corrected chi connectivity index (χ0v) is 13.4. The third-order valence-corrected chi connectivity index (χ3v) is 4.87. The highest BCUT2D eigenvalue weighted by atomic mass is 32.2. The van der Waals surface area contributed by atoms with Gasteiger partial charge in [-0.05, 0) is 25.0 Å². The van der Waals surface area contributed by atoms with Gasteiger partial charge in [0.15, 0.2) is 5.82 Å². The minimum atomic E-state index is -0.194. The van der Waals surface area contributed by atoms with E-state index in [4.69, 9.17) is 0 Å². The molecule has 0 bridgehead atoms. The van der Waals surface area contributed by atoms with Crippen LogP contribution in [0.2, 0.25) is 0 Å². The Morgan fingerprint density at radius 3 is 3.05 bits per heavy atom. The van der Waals surface area contributed by atoms with Gasteiger partial charge in [0.2, 0.25) is 0 Å². The number of urea groups is 1. The van der Waals surface area contributed by atoms with Gasteiger partial charge >= 0.3 is 6.03 Å². The second kappa shape index (κ2) is 6.39. The number of nitrogens with zero attached hydrogens (tertiary/aromatic N) is 3. The zero-order valence-electron chi connectivity index (χ0n) is 12.6. The number of aromatic nitrogens is 3. The Morgan fingerprint density at radius 1 is 1.45 bits per heavy atom. The number of hydrogen-bond donors (Lipinski definition) is 2. The van der Waals surface area contributed by atoms with Crippen LogP contribution in [0.15, 0.2) is 35.5 Å². The van der Waals surface area contributed by atoms with Gasteiger partial charge in [-0.3, -0.25) is 0 Å². The number of carbonyl (C=O) groups is 1. The Hall–Kier alpha value is -2.02. The fourth-order valence-electron chi connectivity index (χ4n) is 2.64. The van der Waals surface area contributed by atoms with E-state index in [1.165, 1.54) is 10.5 Å². The van der Waals surface area contributed by atoms with Crippen molar-refractivity contribution >= 4 is 17.8 Å². The number of nitrogens with one attached hydrogen (secondary N) is 2. The van der Waals surface area contributed by atoms with Crippen molar-refractivity contribution in [2.24, 2.45) is 7.05 Å². The second-order valence-electron chi connectivity index (χ2n) is 5.37. The molecule has 2 heterocycles. The maximum Gasteiger partial charge on any atom is 0.315 e. The first-order valence-electron chi connectivity index (χ1n) is 7.28. The molecule has 2 aromatic rings. The molecule has 0 unspecified atom stereocenters. The van der Waals surface area contributed by atoms with E-state index in [1.807, 2.05) is 37.9 Å². The number of hydrogen-bond acceptors (Lipinski definition) is 4. The monoisotopic (exact) mass is 317 g/mol. The summed E-state index contributed by atoms with van der Waals surface area (Å²) in [6.07, 6.45) is 2.56. The topological polar surface area (TPSA) is 71.8 Å². The summed E-state index contributed by atoms with van der Waals surface area (Å²) in [5.74, 6) is 1.75. The molecule has 2 N–H and O–H groups in total. The van der Waals surface area contributed by atoms with Gasteiger partial charge in [0.25, 0.3) is 0 Å². The van der Waals surface area contributed by atoms with Crippen LogP contribution in [0.4, 0.5) is 4.79 Å². The highest BCUT2D eigenvalue weighted by Crippen LogP contribution is 2.35. The Kier molecular flexibility index (Phi) is 4.33. The summed E-state index contributed by atoms with van der Waals surface area (Å²) >= 11 is 1.84. The molecule has 0 radical (unpaired) electrons. The lowest BCUT2D eigenvalue weighted by atomic mass is 10.0. The van der Waals surface area contributed by atoms with E-state index in [9.17, 15) is 4.79 Å². The average molecular weight is 317 g/mol. The van der Waals surface area contributed by atoms with Crippen molar-refractivity contribution in [3.8, 4) is 0 Å². The van der Waals surface area contributed by atoms with Gasteiger partial charge in [0.05, 0.1) is 12.1 Å². The molecule has 0 fully saturated rings. The minimum Gasteiger partial charge on any atom is -0.331 e. The van der Waals surface area contributed by atoms with Crippen LogP contribution in [0, 0.1) is 0 Å². The smallest absolute Gasteiger partial charge is 0.315 e. The third-order valence-electron chi connectivity index (χ3n) is 3.75. The van der Waals surface area contributed by atoms with Crippen molar-refractivity contribution in [1.82, 2.24) is 25.4 Å². The third kappa shape index (κ3) is 3.09. The highest BCUT2D eigenvalue weighted by molar-refractivity contribution is 7.99. The van der Waals surface area contributed by atoms with Crippen molar-refractivity contribution in [1.29, 1.82) is 0 Å². The van der Waals surface area contributed by atoms with Gasteiger partial charge in [0, 0.05) is 17.7 Å². The van der Waals surface area contributed by atoms with Crippen molar-refractivity contribution in [3.05, 3.63) is 42.0 Å². The summed E-state index contributed by atoms with van der Waals surface area (Å²) < 4.78 is 1.80. The lowest BCUT2D eigenvalue weighted by Gasteiger charge is -2.26. The van der Waals surface area contributed by atoms with E-state index in [1.54, 1.807) is 10.9 Å². The van der Waals surface area contributed by atoms with Crippen LogP contribution in [-0.4, -0.2) is 26.5 Å². The standard InChI is InChI=1S/C15H19N5OS/c1-10(14-19-16-9-20(14)2)17-15(21)18-12-7-8-22-13-6-4-3-5-11(12)13/h3-6,9-10,12H,7-8H2,1-2H3,(H2,17,18,21)/t10-,12-/m0/s1. The zero-order chi connectivity index (χ0) is 15.5. The molecule has 1 aromatic carbocycles. The maximum absolute atomic E-state index is 12.3. The van der Waals surface area contributed by atoms with Crippen molar-refractivity contribution in [2.45, 2.75) is 30.3 Å². The van der Waals surface area contributed by atoms with Gasteiger partial charge in [-0.2, -0.15) is 0 Å². The molecule has 7 heteroatoms. The molecular weight excluding hydrogens is 298 g/mol. The first-order chi connectivity index (χ1) is 10.6. The van der Waals surface area contributed by atoms with E-state index >= 15 is 0 Å². The molecule has 0 saturated heterocycles. The fourth-order valence-corrected chi connectivity index (χ4v) is 3.76. The molecule has 22 heavy (non-hydrogen) atoms. The molecule has 1 aliphatic heterocycles. The second-order valence-corrected chi connectivity index (χ2v) is 6.50. The number of carbonyl (C=O) groups excluding carboxylic acids is 1. The predicted molar refractivity (Wildman–Crippen MR) is 85.6 cm³/mol. The Bertz CT molecular complexity index is 671. The van der Waals surface area contributed by atoms with E-state index in [0.29, 0.717) is 0 Å². The molecule has 6 nitrogen and oxygen atoms in total. The predicted octanol–water partition coefficient (Wildman–Crippen LogP) is 2.41. The quantitative estimate of drug-likeness (QED) is 0.912. The largest absolute Gasteiger partial charge is 0.331 e. The molecule has 0 aliphatic carbocycles. The van der Waals surface area contributed by atoms with E-state index in [2.05, 4.69) is 33.0 Å². The Balaban J connectivity index is 1.64. The van der Waals surface area contributed by atoms with E-state index < -0.39 is 0 Å². The molecule has 1 aliphatic rings. The van der Waals surface area contributed by atoms with Crippen molar-refractivity contribution < 1.29 is 4.79 Å². The minimum absolute atomic E-state index is 0.0594. The van der Waals surface area contributed by atoms with Crippen LogP contribution in [0.25, 0.3) is 0 Å². The van der Waals surface area contributed by atoms with Crippen molar-refractivity contribution in [2.75, 3.05) is 5.75 Å². The number of fused-ring (bicyclic) bond motifs is 1. The van der Waals surface area contributed by atoms with Crippen LogP contribution in [0.1, 0.15) is 36.8 Å². The number of amides is 2. The van der Waals surface area contributed by atoms with Crippen LogP contribution in [-0.2, 0) is 7.05 Å². The first kappa shape index (κ1) is 14.9. The molecule has 2 amide bonds. The number of benzene rings is 1. The summed E-state index contributed by atoms with van der Waals surface area (Å²) in [6, 6.07) is 7.92. The lowest BCUT2D eigenvalue weighted by molar-refractivity contribution is 0.233. The van der Waals surface area contributed by atoms with E-state index in [0.717, 1.165) is 18.0 Å². The summed E-state index contributed by atoms with van der Waals surface area (Å²) in [5.41, 5.74) is 1.19. The van der Waals surface area contributed by atoms with Crippen LogP contribution < -0.4 is 10.6 Å². The molecule has 0 spiro atoms. The summed E-state index contributed by atoms with van der Waals surface area (Å²) in [7, 11) is 1.86. The number of rotatable bonds is 3. The maximum atomic E-state index is 12.3. The van der Waals surface area contributed by atoms with Crippen molar-refractivity contribution in [3.63, 3.8) is 0 Å². The first-order valence-corrected chi connectivity index (χ1v) is 8.26. The van der Waals surface area contributed by atoms with Crippen LogP contribution in [0.3, 0.4) is 0 Å². The summed E-state index contributed by atoms with van der Waals surface area (Å²) in [4.78, 5) is 13.5. The van der Waals surface area contributed by atoms with Crippen LogP contribution in [0.5, 0.6) is 0 Å². The number of aryl methyl sites for hydroxylation is 1. The Labute approximate surface area is 133 Å². The highest BCUT2D eigenvalue weighted by Gasteiger charge is 2.23. The summed E-state index contributed by atoms with van der Waals surface area (Å²) in [6.45, 7) is 1.90.